The lowest BCUT2D eigenvalue weighted by Gasteiger charge is -2.01. The van der Waals surface area contributed by atoms with Gasteiger partial charge in [-0.15, -0.1) is 0 Å². The van der Waals surface area contributed by atoms with Crippen LogP contribution in [0.5, 0.6) is 0 Å². The fourth-order valence-corrected chi connectivity index (χ4v) is 2.27. The fourth-order valence-electron chi connectivity index (χ4n) is 2.27. The third-order valence-electron chi connectivity index (χ3n) is 3.22. The monoisotopic (exact) mass is 327 g/mol. The summed E-state index contributed by atoms with van der Waals surface area (Å²) in [6.45, 7) is 0. The van der Waals surface area contributed by atoms with Crippen molar-refractivity contribution in [3.63, 3.8) is 0 Å². The van der Waals surface area contributed by atoms with E-state index in [0.717, 1.165) is 0 Å². The van der Waals surface area contributed by atoms with Crippen LogP contribution < -0.4 is 0 Å². The van der Waals surface area contributed by atoms with Crippen LogP contribution >= 0.6 is 0 Å². The molecule has 114 valence electrons. The van der Waals surface area contributed by atoms with Crippen LogP contribution in [0.2, 0.25) is 0 Å². The summed E-state index contributed by atoms with van der Waals surface area (Å²) in [5.74, 6) is -18.8. The van der Waals surface area contributed by atoms with Gasteiger partial charge in [0, 0.05) is 0 Å². The van der Waals surface area contributed by atoms with Crippen LogP contribution in [0.25, 0.3) is 11.1 Å². The first-order chi connectivity index (χ1) is 10.2. The summed E-state index contributed by atoms with van der Waals surface area (Å²) in [4.78, 5) is 0. The fraction of sp³-hybridized carbons (Fsp3) is 0. The molecule has 0 saturated carbocycles. The molecule has 0 N–H and O–H groups in total. The number of benzene rings is 2. The molecule has 0 saturated heterocycles. The van der Waals surface area contributed by atoms with Gasteiger partial charge < -0.3 is 0 Å². The maximum atomic E-state index is 13.9. The minimum Gasteiger partial charge on any atom is -0.199 e. The first-order valence-electron chi connectivity index (χ1n) is 5.45. The summed E-state index contributed by atoms with van der Waals surface area (Å²) < 4.78 is 121. The van der Waals surface area contributed by atoms with Crippen molar-refractivity contribution in [1.82, 2.24) is 0 Å². The highest BCUT2D eigenvalue weighted by Gasteiger charge is 2.52. The predicted molar refractivity (Wildman–Crippen MR) is 54.1 cm³/mol. The van der Waals surface area contributed by atoms with E-state index in [1.807, 2.05) is 0 Å². The summed E-state index contributed by atoms with van der Waals surface area (Å²) >= 11 is 0. The molecule has 9 heteroatoms. The second-order valence-corrected chi connectivity index (χ2v) is 4.33. The zero-order valence-corrected chi connectivity index (χ0v) is 9.90. The first kappa shape index (κ1) is 14.6. The summed E-state index contributed by atoms with van der Waals surface area (Å²) in [5, 5.41) is 0. The Balaban J connectivity index is 2.56. The Hall–Kier alpha value is -2.32. The van der Waals surface area contributed by atoms with Gasteiger partial charge in [-0.2, -0.15) is 39.5 Å². The van der Waals surface area contributed by atoms with Gasteiger partial charge in [-0.3, -0.25) is 0 Å². The second kappa shape index (κ2) is 4.34. The van der Waals surface area contributed by atoms with E-state index < -0.39 is 75.0 Å². The molecule has 0 aromatic heterocycles. The molecule has 2 aromatic rings. The Kier molecular flexibility index (Phi) is 2.88. The average molecular weight is 327 g/mol. The zero-order valence-electron chi connectivity index (χ0n) is 9.90. The lowest BCUT2D eigenvalue weighted by atomic mass is 10.0. The lowest BCUT2D eigenvalue weighted by Crippen LogP contribution is -2.04. The molecular weight excluding hydrogens is 327 g/mol. The molecule has 1 aliphatic carbocycles. The number of halogens is 9. The molecule has 0 amide bonds. The molecule has 0 nitrogen and oxygen atoms in total. The van der Waals surface area contributed by atoms with Crippen molar-refractivity contribution in [1.29, 1.82) is 0 Å². The van der Waals surface area contributed by atoms with Crippen molar-refractivity contribution in [2.24, 2.45) is 0 Å². The van der Waals surface area contributed by atoms with Gasteiger partial charge in [0.15, 0.2) is 11.1 Å². The minimum absolute atomic E-state index is 1.56. The van der Waals surface area contributed by atoms with E-state index in [0.29, 0.717) is 0 Å². The number of hydrogen-bond acceptors (Lipinski definition) is 0. The van der Waals surface area contributed by atoms with E-state index in [-0.39, 0.29) is 0 Å². The normalized spacial score (nSPS) is 12.7. The molecule has 0 radical (unpaired) electrons. The molecule has 0 unspecified atom stereocenters. The molecule has 0 fully saturated rings. The van der Waals surface area contributed by atoms with Crippen molar-refractivity contribution in [2.75, 3.05) is 0 Å². The van der Waals surface area contributed by atoms with E-state index in [1.165, 1.54) is 0 Å². The second-order valence-electron chi connectivity index (χ2n) is 4.33. The molecule has 3 rings (SSSR count). The quantitative estimate of drug-likeness (QED) is 0.285. The number of rotatable bonds is 0. The number of fused-ring (bicyclic) bond motifs is 3. The van der Waals surface area contributed by atoms with Crippen molar-refractivity contribution >= 4 is 0 Å². The Morgan fingerprint density at radius 2 is 0.682 bits per heavy atom. The standard InChI is InChI=1S/C13F9/c14-5-3-1(6(15)10(19)12(21)8(3)17)2-4(5)9(18)13(22)11(20)7(2)16/q+1. The van der Waals surface area contributed by atoms with E-state index in [1.54, 1.807) is 0 Å². The molecule has 0 spiro atoms. The molecule has 22 heavy (non-hydrogen) atoms. The van der Waals surface area contributed by atoms with E-state index >= 15 is 0 Å². The van der Waals surface area contributed by atoms with Crippen molar-refractivity contribution < 1.29 is 39.5 Å². The van der Waals surface area contributed by atoms with Gasteiger partial charge in [0.05, 0.1) is 0 Å². The summed E-state index contributed by atoms with van der Waals surface area (Å²) in [6, 6.07) is 0. The Morgan fingerprint density at radius 1 is 0.409 bits per heavy atom. The van der Waals surface area contributed by atoms with E-state index in [2.05, 4.69) is 0 Å². The van der Waals surface area contributed by atoms with Crippen LogP contribution in [-0.4, -0.2) is 0 Å². The minimum atomic E-state index is -2.43. The van der Waals surface area contributed by atoms with Gasteiger partial charge in [0.2, 0.25) is 52.7 Å². The van der Waals surface area contributed by atoms with Crippen molar-refractivity contribution in [3.8, 4) is 11.1 Å². The maximum Gasteiger partial charge on any atom is 0.239 e. The maximum absolute atomic E-state index is 13.9. The highest BCUT2D eigenvalue weighted by molar-refractivity contribution is 5.84. The Morgan fingerprint density at radius 3 is 1.00 bits per heavy atom. The molecule has 0 aliphatic heterocycles. The molecule has 1 aliphatic rings. The number of hydrogen-bond donors (Lipinski definition) is 0. The van der Waals surface area contributed by atoms with Crippen molar-refractivity contribution in [2.45, 2.75) is 0 Å². The summed E-state index contributed by atoms with van der Waals surface area (Å²) in [6.07, 6.45) is -2.07. The van der Waals surface area contributed by atoms with Gasteiger partial charge in [0.25, 0.3) is 0 Å². The summed E-state index contributed by atoms with van der Waals surface area (Å²) in [5.41, 5.74) is -6.40. The van der Waals surface area contributed by atoms with Gasteiger partial charge in [-0.25, -0.2) is 0 Å². The highest BCUT2D eigenvalue weighted by Crippen LogP contribution is 2.51. The highest BCUT2D eigenvalue weighted by atomic mass is 19.2. The third kappa shape index (κ3) is 1.48. The van der Waals surface area contributed by atoms with Gasteiger partial charge >= 0.3 is 0 Å². The largest absolute Gasteiger partial charge is 0.239 e. The molecule has 0 atom stereocenters. The van der Waals surface area contributed by atoms with Gasteiger partial charge in [-0.1, -0.05) is 0 Å². The van der Waals surface area contributed by atoms with Crippen LogP contribution in [0.1, 0.15) is 11.1 Å². The molecular formula is C13F9+. The first-order valence-corrected chi connectivity index (χ1v) is 5.45. The van der Waals surface area contributed by atoms with Crippen LogP contribution in [0.15, 0.2) is 0 Å². The predicted octanol–water partition coefficient (Wildman–Crippen LogP) is 4.68. The molecule has 2 aromatic carbocycles. The Labute approximate surface area is 115 Å². The van der Waals surface area contributed by atoms with Crippen LogP contribution in [0.4, 0.5) is 39.5 Å². The van der Waals surface area contributed by atoms with Gasteiger partial charge in [-0.05, 0) is 0 Å². The van der Waals surface area contributed by atoms with Gasteiger partial charge in [0.1, 0.15) is 11.1 Å². The SMILES string of the molecule is Fc1c(F)c(F)c2c(c1F)-c1c(F)c(F)c(F)c(F)c1[C+]2F. The topological polar surface area (TPSA) is 0 Å². The zero-order chi connectivity index (χ0) is 16.5. The summed E-state index contributed by atoms with van der Waals surface area (Å²) in [7, 11) is 0. The lowest BCUT2D eigenvalue weighted by molar-refractivity contribution is 0.400. The van der Waals surface area contributed by atoms with Crippen molar-refractivity contribution in [3.05, 3.63) is 63.8 Å². The van der Waals surface area contributed by atoms with E-state index in [9.17, 15) is 39.5 Å². The average Bonchev–Trinajstić information content (AvgIpc) is 2.80. The smallest absolute Gasteiger partial charge is 0.199 e. The molecule has 0 bridgehead atoms. The van der Waals surface area contributed by atoms with Crippen LogP contribution in [0.3, 0.4) is 0 Å². The molecule has 0 heterocycles. The van der Waals surface area contributed by atoms with Crippen LogP contribution in [-0.2, 0) is 0 Å². The van der Waals surface area contributed by atoms with E-state index in [4.69, 9.17) is 0 Å². The third-order valence-corrected chi connectivity index (χ3v) is 3.22. The van der Waals surface area contributed by atoms with Crippen LogP contribution in [0, 0.1) is 52.7 Å². The Bertz CT molecular complexity index is 771.